The Labute approximate surface area is 220 Å². The van der Waals surface area contributed by atoms with E-state index in [4.69, 9.17) is 21.7 Å². The molecular formula is C28H31ClFN3O4. The van der Waals surface area contributed by atoms with E-state index in [9.17, 15) is 18.8 Å². The van der Waals surface area contributed by atoms with Crippen LogP contribution in [-0.2, 0) is 16.0 Å². The van der Waals surface area contributed by atoms with Gasteiger partial charge in [0.15, 0.2) is 5.82 Å². The van der Waals surface area contributed by atoms with Crippen LogP contribution in [0.25, 0.3) is 0 Å². The zero-order valence-electron chi connectivity index (χ0n) is 20.8. The Hall–Kier alpha value is -3.26. The molecule has 1 fully saturated rings. The van der Waals surface area contributed by atoms with Crippen LogP contribution in [0.2, 0.25) is 5.02 Å². The first kappa shape index (κ1) is 26.8. The molecule has 2 aromatic carbocycles. The minimum atomic E-state index is -0.974. The fraction of sp³-hybridized carbons (Fsp3) is 0.429. The first-order chi connectivity index (χ1) is 17.7. The number of nitrogens with zero attached hydrogens (tertiary/aromatic N) is 2. The number of rotatable bonds is 9. The van der Waals surface area contributed by atoms with Gasteiger partial charge in [-0.2, -0.15) is 0 Å². The van der Waals surface area contributed by atoms with E-state index in [1.165, 1.54) is 6.07 Å². The van der Waals surface area contributed by atoms with Gasteiger partial charge in [-0.15, -0.1) is 0 Å². The molecular weight excluding hydrogens is 497 g/mol. The van der Waals surface area contributed by atoms with Crippen LogP contribution < -0.4 is 5.32 Å². The van der Waals surface area contributed by atoms with Crippen molar-refractivity contribution in [3.05, 3.63) is 70.0 Å². The molecule has 2 aromatic rings. The summed E-state index contributed by atoms with van der Waals surface area (Å²) in [7, 11) is 0. The van der Waals surface area contributed by atoms with Gasteiger partial charge < -0.3 is 15.3 Å². The quantitative estimate of drug-likeness (QED) is 0.486. The number of carbonyl (C=O) groups excluding carboxylic acids is 2. The molecule has 0 bridgehead atoms. The molecule has 9 heteroatoms. The Morgan fingerprint density at radius 1 is 1.19 bits per heavy atom. The average molecular weight is 528 g/mol. The standard InChI is InChI=1S/C28H31ClFN3O4/c1-2-18-10-14-28(15-11-18)32-25(21-4-3-5-22(29)24(21)30)27(37)33(28)17-13-19-6-8-20(9-7-19)26(36)31-16-12-23(34)35/h3-9,18H,2,10-17H2,1H3,(H,31,36)(H,34,35). The highest BCUT2D eigenvalue weighted by Gasteiger charge is 2.49. The Balaban J connectivity index is 1.50. The highest BCUT2D eigenvalue weighted by atomic mass is 35.5. The van der Waals surface area contributed by atoms with E-state index in [0.29, 0.717) is 24.4 Å². The van der Waals surface area contributed by atoms with Crippen LogP contribution in [0.1, 0.15) is 66.9 Å². The van der Waals surface area contributed by atoms with Crippen molar-refractivity contribution in [2.75, 3.05) is 13.1 Å². The Bertz CT molecular complexity index is 1210. The van der Waals surface area contributed by atoms with E-state index in [1.807, 2.05) is 12.1 Å². The second-order valence-electron chi connectivity index (χ2n) is 9.70. The maximum atomic E-state index is 14.9. The fourth-order valence-electron chi connectivity index (χ4n) is 5.18. The van der Waals surface area contributed by atoms with Crippen molar-refractivity contribution in [1.29, 1.82) is 0 Å². The summed E-state index contributed by atoms with van der Waals surface area (Å²) in [6.07, 6.45) is 4.88. The van der Waals surface area contributed by atoms with Gasteiger partial charge in [0.1, 0.15) is 11.4 Å². The van der Waals surface area contributed by atoms with Gasteiger partial charge in [0.2, 0.25) is 0 Å². The van der Waals surface area contributed by atoms with Gasteiger partial charge in [0, 0.05) is 24.2 Å². The van der Waals surface area contributed by atoms with E-state index in [2.05, 4.69) is 12.2 Å². The van der Waals surface area contributed by atoms with E-state index in [1.54, 1.807) is 29.2 Å². The molecule has 1 aliphatic carbocycles. The number of aliphatic imine (C=N–C) groups is 1. The molecule has 0 aromatic heterocycles. The van der Waals surface area contributed by atoms with Crippen molar-refractivity contribution in [2.45, 2.75) is 57.5 Å². The van der Waals surface area contributed by atoms with Crippen molar-refractivity contribution < 1.29 is 23.9 Å². The lowest BCUT2D eigenvalue weighted by Gasteiger charge is -2.41. The van der Waals surface area contributed by atoms with Crippen molar-refractivity contribution >= 4 is 35.1 Å². The summed E-state index contributed by atoms with van der Waals surface area (Å²) in [6.45, 7) is 2.64. The van der Waals surface area contributed by atoms with Crippen LogP contribution in [0.5, 0.6) is 0 Å². The predicted molar refractivity (Wildman–Crippen MR) is 139 cm³/mol. The normalized spacial score (nSPS) is 21.3. The van der Waals surface area contributed by atoms with E-state index in [-0.39, 0.29) is 41.1 Å². The molecule has 2 N–H and O–H groups in total. The third-order valence-corrected chi connectivity index (χ3v) is 7.72. The lowest BCUT2D eigenvalue weighted by molar-refractivity contribution is -0.136. The number of benzene rings is 2. The lowest BCUT2D eigenvalue weighted by atomic mass is 9.80. The Kier molecular flexibility index (Phi) is 8.27. The van der Waals surface area contributed by atoms with Crippen molar-refractivity contribution in [3.63, 3.8) is 0 Å². The molecule has 7 nitrogen and oxygen atoms in total. The zero-order chi connectivity index (χ0) is 26.6. The topological polar surface area (TPSA) is 99.1 Å². The van der Waals surface area contributed by atoms with E-state index >= 15 is 0 Å². The number of amides is 2. The van der Waals surface area contributed by atoms with Crippen LogP contribution in [0.15, 0.2) is 47.5 Å². The molecule has 1 saturated carbocycles. The molecule has 0 saturated heterocycles. The number of halogens is 2. The van der Waals surface area contributed by atoms with Gasteiger partial charge in [-0.25, -0.2) is 4.39 Å². The fourth-order valence-corrected chi connectivity index (χ4v) is 5.36. The highest BCUT2D eigenvalue weighted by Crippen LogP contribution is 2.43. The van der Waals surface area contributed by atoms with Crippen LogP contribution in [-0.4, -0.2) is 52.3 Å². The molecule has 0 radical (unpaired) electrons. The van der Waals surface area contributed by atoms with Crippen LogP contribution in [0.3, 0.4) is 0 Å². The minimum Gasteiger partial charge on any atom is -0.481 e. The van der Waals surface area contributed by atoms with Gasteiger partial charge in [-0.05, 0) is 67.9 Å². The summed E-state index contributed by atoms with van der Waals surface area (Å²) in [5, 5.41) is 11.3. The molecule has 1 spiro atoms. The molecule has 1 aliphatic heterocycles. The van der Waals surface area contributed by atoms with Crippen LogP contribution >= 0.6 is 11.6 Å². The van der Waals surface area contributed by atoms with Gasteiger partial charge in [0.05, 0.1) is 11.4 Å². The average Bonchev–Trinajstić information content (AvgIpc) is 3.15. The minimum absolute atomic E-state index is 0.0396. The lowest BCUT2D eigenvalue weighted by Crippen LogP contribution is -2.49. The van der Waals surface area contributed by atoms with Crippen molar-refractivity contribution in [3.8, 4) is 0 Å². The second kappa shape index (κ2) is 11.4. The molecule has 0 unspecified atom stereocenters. The van der Waals surface area contributed by atoms with Gasteiger partial charge in [-0.3, -0.25) is 19.4 Å². The summed E-state index contributed by atoms with van der Waals surface area (Å²) < 4.78 is 14.9. The van der Waals surface area contributed by atoms with Crippen molar-refractivity contribution in [2.24, 2.45) is 10.9 Å². The summed E-state index contributed by atoms with van der Waals surface area (Å²) in [5.41, 5.74) is 0.952. The SMILES string of the molecule is CCC1CCC2(CC1)N=C(c1cccc(Cl)c1F)C(=O)N2CCc1ccc(C(=O)NCCC(=O)O)cc1. The number of carboxylic acids is 1. The first-order valence-corrected chi connectivity index (χ1v) is 13.1. The molecule has 2 aliphatic rings. The highest BCUT2D eigenvalue weighted by molar-refractivity contribution is 6.47. The predicted octanol–water partition coefficient (Wildman–Crippen LogP) is 4.85. The van der Waals surface area contributed by atoms with Gasteiger partial charge in [-0.1, -0.05) is 43.1 Å². The molecule has 37 heavy (non-hydrogen) atoms. The second-order valence-corrected chi connectivity index (χ2v) is 10.1. The largest absolute Gasteiger partial charge is 0.481 e. The van der Waals surface area contributed by atoms with Crippen molar-refractivity contribution in [1.82, 2.24) is 10.2 Å². The molecule has 0 atom stereocenters. The Morgan fingerprint density at radius 3 is 2.54 bits per heavy atom. The van der Waals surface area contributed by atoms with Crippen LogP contribution in [0, 0.1) is 11.7 Å². The number of hydrogen-bond donors (Lipinski definition) is 2. The number of nitrogens with one attached hydrogen (secondary N) is 1. The number of aliphatic carboxylic acids is 1. The molecule has 4 rings (SSSR count). The van der Waals surface area contributed by atoms with E-state index in [0.717, 1.165) is 37.7 Å². The molecule has 2 amide bonds. The maximum Gasteiger partial charge on any atom is 0.305 e. The van der Waals surface area contributed by atoms with E-state index < -0.39 is 17.4 Å². The smallest absolute Gasteiger partial charge is 0.305 e. The summed E-state index contributed by atoms with van der Waals surface area (Å²) in [4.78, 5) is 43.1. The zero-order valence-corrected chi connectivity index (χ0v) is 21.6. The third-order valence-electron chi connectivity index (χ3n) is 7.42. The van der Waals surface area contributed by atoms with Gasteiger partial charge in [0.25, 0.3) is 11.8 Å². The first-order valence-electron chi connectivity index (χ1n) is 12.7. The maximum absolute atomic E-state index is 14.9. The number of carbonyl (C=O) groups is 3. The van der Waals surface area contributed by atoms with Crippen LogP contribution in [0.4, 0.5) is 4.39 Å². The summed E-state index contributed by atoms with van der Waals surface area (Å²) >= 11 is 6.00. The monoisotopic (exact) mass is 527 g/mol. The molecule has 196 valence electrons. The number of carboxylic acid groups (broad SMARTS) is 1. The third kappa shape index (κ3) is 5.85. The summed E-state index contributed by atoms with van der Waals surface area (Å²) in [6, 6.07) is 11.6. The Morgan fingerprint density at radius 2 is 1.89 bits per heavy atom. The number of hydrogen-bond acceptors (Lipinski definition) is 4. The molecule has 1 heterocycles. The van der Waals surface area contributed by atoms with Gasteiger partial charge >= 0.3 is 5.97 Å². The summed E-state index contributed by atoms with van der Waals surface area (Å²) in [5.74, 6) is -1.63.